The monoisotopic (exact) mass is 470 g/mol. The van der Waals surface area contributed by atoms with Crippen LogP contribution in [0.15, 0.2) is 54.1 Å². The highest BCUT2D eigenvalue weighted by atomic mass is 16.2. The summed E-state index contributed by atoms with van der Waals surface area (Å²) in [6.07, 6.45) is 14.5. The third-order valence-corrected chi connectivity index (χ3v) is 7.18. The Morgan fingerprint density at radius 2 is 1.63 bits per heavy atom. The van der Waals surface area contributed by atoms with Crippen molar-refractivity contribution in [3.63, 3.8) is 0 Å². The summed E-state index contributed by atoms with van der Waals surface area (Å²) in [5, 5.41) is 6.24. The van der Waals surface area contributed by atoms with Gasteiger partial charge in [0, 0.05) is 28.4 Å². The Hall–Kier alpha value is -3.41. The van der Waals surface area contributed by atoms with Crippen LogP contribution in [0.3, 0.4) is 0 Å². The number of aromatic nitrogens is 2. The molecule has 0 unspecified atom stereocenters. The minimum Gasteiger partial charge on any atom is -0.349 e. The smallest absolute Gasteiger partial charge is 0.251 e. The van der Waals surface area contributed by atoms with Crippen molar-refractivity contribution in [1.29, 1.82) is 0 Å². The first kappa shape index (κ1) is 23.3. The molecule has 35 heavy (non-hydrogen) atoms. The number of hydrogen-bond acceptors (Lipinski definition) is 3. The van der Waals surface area contributed by atoms with E-state index in [9.17, 15) is 9.59 Å². The number of allylic oxidation sites excluding steroid dienone is 1. The SMILES string of the molecule is O=C(Nc1ccc(-c2nc3ccc(C(=O)NC4CCCCCCC4)cc3[nH]2)cc1)C1=CCCCC1. The topological polar surface area (TPSA) is 86.9 Å². The molecule has 2 amide bonds. The predicted molar refractivity (Wildman–Crippen MR) is 140 cm³/mol. The molecule has 1 fully saturated rings. The molecule has 2 aromatic carbocycles. The molecule has 0 atom stereocenters. The van der Waals surface area contributed by atoms with Gasteiger partial charge in [0.1, 0.15) is 5.82 Å². The van der Waals surface area contributed by atoms with Crippen molar-refractivity contribution >= 4 is 28.5 Å². The highest BCUT2D eigenvalue weighted by molar-refractivity contribution is 6.04. The molecule has 6 heteroatoms. The number of rotatable bonds is 5. The first-order chi connectivity index (χ1) is 17.2. The van der Waals surface area contributed by atoms with E-state index in [2.05, 4.69) is 15.6 Å². The van der Waals surface area contributed by atoms with E-state index in [1.807, 2.05) is 48.5 Å². The van der Waals surface area contributed by atoms with E-state index in [-0.39, 0.29) is 17.9 Å². The molecule has 3 N–H and O–H groups in total. The fraction of sp³-hybridized carbons (Fsp3) is 0.414. The highest BCUT2D eigenvalue weighted by Crippen LogP contribution is 2.25. The average Bonchev–Trinajstić information content (AvgIpc) is 3.30. The molecule has 0 bridgehead atoms. The van der Waals surface area contributed by atoms with Gasteiger partial charge in [-0.15, -0.1) is 0 Å². The number of H-pyrrole nitrogens is 1. The van der Waals surface area contributed by atoms with Gasteiger partial charge < -0.3 is 15.6 Å². The van der Waals surface area contributed by atoms with Gasteiger partial charge in [0.05, 0.1) is 11.0 Å². The number of carbonyl (C=O) groups excluding carboxylic acids is 2. The molecule has 1 saturated carbocycles. The summed E-state index contributed by atoms with van der Waals surface area (Å²) >= 11 is 0. The maximum atomic E-state index is 12.9. The Labute approximate surface area is 206 Å². The second kappa shape index (κ2) is 10.9. The lowest BCUT2D eigenvalue weighted by Crippen LogP contribution is -2.35. The van der Waals surface area contributed by atoms with Gasteiger partial charge in [-0.05, 0) is 81.0 Å². The van der Waals surface area contributed by atoms with Crippen LogP contribution in [-0.4, -0.2) is 27.8 Å². The number of amides is 2. The number of hydrogen-bond donors (Lipinski definition) is 3. The lowest BCUT2D eigenvalue weighted by Gasteiger charge is -2.21. The summed E-state index contributed by atoms with van der Waals surface area (Å²) in [5.74, 6) is 0.721. The van der Waals surface area contributed by atoms with Crippen LogP contribution in [0.5, 0.6) is 0 Å². The largest absolute Gasteiger partial charge is 0.349 e. The quantitative estimate of drug-likeness (QED) is 0.397. The first-order valence-electron chi connectivity index (χ1n) is 13.1. The molecule has 1 heterocycles. The van der Waals surface area contributed by atoms with Crippen molar-refractivity contribution < 1.29 is 9.59 Å². The number of anilines is 1. The molecule has 1 aromatic heterocycles. The third-order valence-electron chi connectivity index (χ3n) is 7.18. The molecule has 182 valence electrons. The molecule has 0 aliphatic heterocycles. The second-order valence-corrected chi connectivity index (χ2v) is 9.84. The number of carbonyl (C=O) groups is 2. The number of nitrogens with zero attached hydrogens (tertiary/aromatic N) is 1. The molecule has 2 aliphatic rings. The van der Waals surface area contributed by atoms with Crippen LogP contribution >= 0.6 is 0 Å². The van der Waals surface area contributed by atoms with E-state index >= 15 is 0 Å². The number of aromatic amines is 1. The summed E-state index contributed by atoms with van der Waals surface area (Å²) in [5.41, 5.74) is 4.90. The Kier molecular flexibility index (Phi) is 7.26. The first-order valence-corrected chi connectivity index (χ1v) is 13.1. The highest BCUT2D eigenvalue weighted by Gasteiger charge is 2.17. The maximum absolute atomic E-state index is 12.9. The summed E-state index contributed by atoms with van der Waals surface area (Å²) in [7, 11) is 0. The van der Waals surface area contributed by atoms with Crippen LogP contribution in [-0.2, 0) is 4.79 Å². The van der Waals surface area contributed by atoms with Crippen molar-refractivity contribution in [3.8, 4) is 11.4 Å². The second-order valence-electron chi connectivity index (χ2n) is 9.84. The number of nitrogens with one attached hydrogen (secondary N) is 3. The molecule has 0 radical (unpaired) electrons. The Morgan fingerprint density at radius 3 is 2.37 bits per heavy atom. The van der Waals surface area contributed by atoms with Gasteiger partial charge in [-0.25, -0.2) is 4.98 Å². The minimum absolute atomic E-state index is 0.00796. The van der Waals surface area contributed by atoms with E-state index in [0.717, 1.165) is 72.2 Å². The summed E-state index contributed by atoms with van der Waals surface area (Å²) < 4.78 is 0. The van der Waals surface area contributed by atoms with Crippen molar-refractivity contribution in [3.05, 3.63) is 59.7 Å². The van der Waals surface area contributed by atoms with Crippen LogP contribution in [0.1, 0.15) is 81.0 Å². The van der Waals surface area contributed by atoms with Crippen LogP contribution < -0.4 is 10.6 Å². The minimum atomic E-state index is -0.0122. The van der Waals surface area contributed by atoms with Gasteiger partial charge in [-0.1, -0.05) is 38.2 Å². The van der Waals surface area contributed by atoms with E-state index in [4.69, 9.17) is 4.98 Å². The molecule has 0 saturated heterocycles. The Morgan fingerprint density at radius 1 is 0.857 bits per heavy atom. The zero-order chi connectivity index (χ0) is 24.0. The van der Waals surface area contributed by atoms with Gasteiger partial charge in [-0.2, -0.15) is 0 Å². The van der Waals surface area contributed by atoms with Gasteiger partial charge >= 0.3 is 0 Å². The molecule has 5 rings (SSSR count). The third kappa shape index (κ3) is 5.81. The van der Waals surface area contributed by atoms with Crippen LogP contribution in [0.2, 0.25) is 0 Å². The molecular formula is C29H34N4O2. The lowest BCUT2D eigenvalue weighted by molar-refractivity contribution is -0.113. The molecular weight excluding hydrogens is 436 g/mol. The standard InChI is InChI=1S/C29H34N4O2/c34-28(21-9-5-4-6-10-21)31-24-16-13-20(14-17-24)27-32-25-18-15-22(19-26(25)33-27)29(35)30-23-11-7-2-1-3-8-12-23/h9,13-19,23H,1-8,10-12H2,(H,30,35)(H,31,34)(H,32,33). The van der Waals surface area contributed by atoms with Crippen molar-refractivity contribution in [2.24, 2.45) is 0 Å². The van der Waals surface area contributed by atoms with Crippen LogP contribution in [0.4, 0.5) is 5.69 Å². The zero-order valence-corrected chi connectivity index (χ0v) is 20.2. The van der Waals surface area contributed by atoms with Gasteiger partial charge in [0.2, 0.25) is 0 Å². The van der Waals surface area contributed by atoms with Crippen LogP contribution in [0, 0.1) is 0 Å². The molecule has 6 nitrogen and oxygen atoms in total. The maximum Gasteiger partial charge on any atom is 0.251 e. The summed E-state index contributed by atoms with van der Waals surface area (Å²) in [6, 6.07) is 13.6. The van der Waals surface area contributed by atoms with Crippen molar-refractivity contribution in [2.45, 2.75) is 76.7 Å². The molecule has 2 aliphatic carbocycles. The fourth-order valence-electron chi connectivity index (χ4n) is 5.12. The van der Waals surface area contributed by atoms with Crippen molar-refractivity contribution in [1.82, 2.24) is 15.3 Å². The predicted octanol–water partition coefficient (Wildman–Crippen LogP) is 6.51. The van der Waals surface area contributed by atoms with E-state index in [1.165, 1.54) is 32.1 Å². The zero-order valence-electron chi connectivity index (χ0n) is 20.2. The van der Waals surface area contributed by atoms with E-state index in [1.54, 1.807) is 0 Å². The lowest BCUT2D eigenvalue weighted by atomic mass is 9.96. The fourth-order valence-corrected chi connectivity index (χ4v) is 5.12. The van der Waals surface area contributed by atoms with Gasteiger partial charge in [0.25, 0.3) is 11.8 Å². The van der Waals surface area contributed by atoms with Gasteiger partial charge in [0.15, 0.2) is 0 Å². The number of benzene rings is 2. The summed E-state index contributed by atoms with van der Waals surface area (Å²) in [6.45, 7) is 0. The normalized spacial score (nSPS) is 17.3. The Balaban J connectivity index is 1.26. The number of fused-ring (bicyclic) bond motifs is 1. The molecule has 0 spiro atoms. The van der Waals surface area contributed by atoms with E-state index in [0.29, 0.717) is 5.56 Å². The Bertz CT molecular complexity index is 1220. The number of imidazole rings is 1. The molecule has 3 aromatic rings. The van der Waals surface area contributed by atoms with Gasteiger partial charge in [-0.3, -0.25) is 9.59 Å². The van der Waals surface area contributed by atoms with E-state index < -0.39 is 0 Å². The van der Waals surface area contributed by atoms with Crippen molar-refractivity contribution in [2.75, 3.05) is 5.32 Å². The average molecular weight is 471 g/mol. The van der Waals surface area contributed by atoms with Crippen LogP contribution in [0.25, 0.3) is 22.4 Å². The summed E-state index contributed by atoms with van der Waals surface area (Å²) in [4.78, 5) is 33.4.